The van der Waals surface area contributed by atoms with Gasteiger partial charge in [-0.25, -0.2) is 9.67 Å². The predicted molar refractivity (Wildman–Crippen MR) is 78.3 cm³/mol. The first-order chi connectivity index (χ1) is 10.8. The third-order valence-electron chi connectivity index (χ3n) is 4.81. The molecule has 1 aliphatic heterocycles. The van der Waals surface area contributed by atoms with Crippen molar-refractivity contribution in [3.05, 3.63) is 22.4 Å². The van der Waals surface area contributed by atoms with Gasteiger partial charge in [-0.15, -0.1) is 0 Å². The highest BCUT2D eigenvalue weighted by Gasteiger charge is 2.34. The summed E-state index contributed by atoms with van der Waals surface area (Å²) in [6.45, 7) is 1.42. The smallest absolute Gasteiger partial charge is 0.262 e. The third-order valence-corrected chi connectivity index (χ3v) is 4.81. The number of rotatable bonds is 2. The fourth-order valence-corrected chi connectivity index (χ4v) is 3.31. The van der Waals surface area contributed by atoms with E-state index in [1.807, 2.05) is 4.68 Å². The molecular formula is C15H17N5O2. The molecule has 2 aromatic rings. The Balaban J connectivity index is 1.78. The van der Waals surface area contributed by atoms with Gasteiger partial charge in [-0.05, 0) is 25.7 Å². The van der Waals surface area contributed by atoms with Crippen molar-refractivity contribution >= 4 is 11.0 Å². The van der Waals surface area contributed by atoms with E-state index in [0.29, 0.717) is 30.1 Å². The van der Waals surface area contributed by atoms with Crippen LogP contribution in [0.15, 0.2) is 11.0 Å². The number of nitriles is 1. The van der Waals surface area contributed by atoms with Crippen LogP contribution in [0.4, 0.5) is 0 Å². The Bertz CT molecular complexity index is 796. The summed E-state index contributed by atoms with van der Waals surface area (Å²) in [6.07, 6.45) is 5.12. The quantitative estimate of drug-likeness (QED) is 0.906. The topological polar surface area (TPSA) is 96.6 Å². The van der Waals surface area contributed by atoms with Crippen molar-refractivity contribution in [2.24, 2.45) is 5.92 Å². The first-order valence-electron chi connectivity index (χ1n) is 7.72. The molecule has 1 saturated heterocycles. The van der Waals surface area contributed by atoms with E-state index in [1.54, 1.807) is 6.20 Å². The number of ether oxygens (including phenoxy) is 1. The summed E-state index contributed by atoms with van der Waals surface area (Å²) in [6, 6.07) is 2.51. The molecule has 4 rings (SSSR count). The van der Waals surface area contributed by atoms with Crippen LogP contribution in [0.3, 0.4) is 0 Å². The average molecular weight is 299 g/mol. The maximum absolute atomic E-state index is 12.3. The highest BCUT2D eigenvalue weighted by Crippen LogP contribution is 2.40. The van der Waals surface area contributed by atoms with Gasteiger partial charge in [-0.1, -0.05) is 0 Å². The number of H-pyrrole nitrogens is 1. The van der Waals surface area contributed by atoms with Crippen LogP contribution in [-0.4, -0.2) is 33.0 Å². The molecule has 1 saturated carbocycles. The first-order valence-corrected chi connectivity index (χ1v) is 7.72. The number of nitrogens with one attached hydrogen (secondary N) is 1. The molecule has 1 aliphatic carbocycles. The number of aromatic amines is 1. The molecule has 3 heterocycles. The molecule has 2 fully saturated rings. The van der Waals surface area contributed by atoms with E-state index in [-0.39, 0.29) is 23.4 Å². The van der Waals surface area contributed by atoms with Crippen LogP contribution in [0.5, 0.6) is 0 Å². The van der Waals surface area contributed by atoms with Crippen LogP contribution in [0.2, 0.25) is 0 Å². The second-order valence-electron chi connectivity index (χ2n) is 6.04. The van der Waals surface area contributed by atoms with Crippen molar-refractivity contribution in [3.63, 3.8) is 0 Å². The highest BCUT2D eigenvalue weighted by atomic mass is 16.5. The Kier molecular flexibility index (Phi) is 3.19. The van der Waals surface area contributed by atoms with E-state index in [2.05, 4.69) is 21.1 Å². The highest BCUT2D eigenvalue weighted by molar-refractivity contribution is 5.73. The third kappa shape index (κ3) is 2.03. The van der Waals surface area contributed by atoms with E-state index < -0.39 is 0 Å². The number of hydrogen-bond donors (Lipinski definition) is 1. The minimum absolute atomic E-state index is 0.0416. The number of nitrogens with zero attached hydrogens (tertiary/aromatic N) is 4. The molecule has 0 aromatic carbocycles. The van der Waals surface area contributed by atoms with Crippen molar-refractivity contribution in [1.82, 2.24) is 19.7 Å². The Morgan fingerprint density at radius 2 is 2.14 bits per heavy atom. The molecule has 0 spiro atoms. The number of aromatic nitrogens is 4. The minimum atomic E-state index is -0.165. The standard InChI is InChI=1S/C15H17N5O2/c16-7-9-1-2-11(9)13-18-14-12(15(21)19-13)8-17-20(14)10-3-5-22-6-4-10/h8-11H,1-6H2,(H,18,19,21). The Labute approximate surface area is 126 Å². The van der Waals surface area contributed by atoms with Gasteiger partial charge in [0, 0.05) is 19.1 Å². The molecule has 2 unspecified atom stereocenters. The van der Waals surface area contributed by atoms with Crippen LogP contribution < -0.4 is 5.56 Å². The summed E-state index contributed by atoms with van der Waals surface area (Å²) in [7, 11) is 0. The SMILES string of the molecule is N#CC1CCC1c1nc2c(cnn2C2CCOCC2)c(=O)[nH]1. The van der Waals surface area contributed by atoms with Crippen molar-refractivity contribution in [2.75, 3.05) is 13.2 Å². The van der Waals surface area contributed by atoms with Gasteiger partial charge in [0.1, 0.15) is 11.2 Å². The van der Waals surface area contributed by atoms with Crippen molar-refractivity contribution in [3.8, 4) is 6.07 Å². The van der Waals surface area contributed by atoms with Gasteiger partial charge in [-0.2, -0.15) is 10.4 Å². The molecule has 2 aromatic heterocycles. The van der Waals surface area contributed by atoms with Crippen LogP contribution in [0, 0.1) is 17.2 Å². The number of hydrogen-bond acceptors (Lipinski definition) is 5. The Morgan fingerprint density at radius 1 is 1.32 bits per heavy atom. The summed E-state index contributed by atoms with van der Waals surface area (Å²) in [5, 5.41) is 14.0. The zero-order chi connectivity index (χ0) is 15.1. The van der Waals surface area contributed by atoms with Crippen LogP contribution in [0.1, 0.15) is 43.5 Å². The zero-order valence-electron chi connectivity index (χ0n) is 12.2. The maximum atomic E-state index is 12.3. The number of fused-ring (bicyclic) bond motifs is 1. The van der Waals surface area contributed by atoms with Gasteiger partial charge in [0.15, 0.2) is 5.65 Å². The molecule has 2 atom stereocenters. The van der Waals surface area contributed by atoms with E-state index in [0.717, 1.165) is 25.7 Å². The van der Waals surface area contributed by atoms with Crippen molar-refractivity contribution in [1.29, 1.82) is 5.26 Å². The summed E-state index contributed by atoms with van der Waals surface area (Å²) in [4.78, 5) is 19.8. The van der Waals surface area contributed by atoms with Crippen molar-refractivity contribution < 1.29 is 4.74 Å². The van der Waals surface area contributed by atoms with Crippen molar-refractivity contribution in [2.45, 2.75) is 37.6 Å². The van der Waals surface area contributed by atoms with Gasteiger partial charge >= 0.3 is 0 Å². The summed E-state index contributed by atoms with van der Waals surface area (Å²) in [5.41, 5.74) is 0.469. The normalized spacial score (nSPS) is 25.8. The fraction of sp³-hybridized carbons (Fsp3) is 0.600. The van der Waals surface area contributed by atoms with E-state index in [1.165, 1.54) is 0 Å². The van der Waals surface area contributed by atoms with Crippen LogP contribution in [-0.2, 0) is 4.74 Å². The van der Waals surface area contributed by atoms with Crippen LogP contribution in [0.25, 0.3) is 11.0 Å². The summed E-state index contributed by atoms with van der Waals surface area (Å²) < 4.78 is 7.24. The lowest BCUT2D eigenvalue weighted by molar-refractivity contribution is 0.0673. The molecule has 0 bridgehead atoms. The van der Waals surface area contributed by atoms with Gasteiger partial charge in [0.05, 0.1) is 24.2 Å². The molecule has 22 heavy (non-hydrogen) atoms. The first kappa shape index (κ1) is 13.5. The molecular weight excluding hydrogens is 282 g/mol. The molecule has 0 amide bonds. The fourth-order valence-electron chi connectivity index (χ4n) is 3.31. The lowest BCUT2D eigenvalue weighted by Gasteiger charge is -2.30. The molecule has 7 nitrogen and oxygen atoms in total. The molecule has 1 N–H and O–H groups in total. The predicted octanol–water partition coefficient (Wildman–Crippen LogP) is 1.49. The van der Waals surface area contributed by atoms with Gasteiger partial charge in [0.25, 0.3) is 5.56 Å². The molecule has 2 aliphatic rings. The lowest BCUT2D eigenvalue weighted by Crippen LogP contribution is -2.27. The molecule has 114 valence electrons. The van der Waals surface area contributed by atoms with Crippen LogP contribution >= 0.6 is 0 Å². The minimum Gasteiger partial charge on any atom is -0.381 e. The lowest BCUT2D eigenvalue weighted by atomic mass is 9.74. The van der Waals surface area contributed by atoms with E-state index >= 15 is 0 Å². The maximum Gasteiger partial charge on any atom is 0.262 e. The summed E-state index contributed by atoms with van der Waals surface area (Å²) in [5.74, 6) is 0.629. The Hall–Kier alpha value is -2.20. The van der Waals surface area contributed by atoms with E-state index in [9.17, 15) is 4.79 Å². The average Bonchev–Trinajstić information content (AvgIpc) is 2.92. The summed E-state index contributed by atoms with van der Waals surface area (Å²) >= 11 is 0. The second kappa shape index (κ2) is 5.21. The Morgan fingerprint density at radius 3 is 2.82 bits per heavy atom. The zero-order valence-corrected chi connectivity index (χ0v) is 12.2. The largest absolute Gasteiger partial charge is 0.381 e. The van der Waals surface area contributed by atoms with Gasteiger partial charge in [0.2, 0.25) is 0 Å². The van der Waals surface area contributed by atoms with Gasteiger partial charge in [-0.3, -0.25) is 4.79 Å². The van der Waals surface area contributed by atoms with Gasteiger partial charge < -0.3 is 9.72 Å². The second-order valence-corrected chi connectivity index (χ2v) is 6.04. The molecule has 0 radical (unpaired) electrons. The van der Waals surface area contributed by atoms with E-state index in [4.69, 9.17) is 10.00 Å². The monoisotopic (exact) mass is 299 g/mol. The molecule has 7 heteroatoms.